The summed E-state index contributed by atoms with van der Waals surface area (Å²) in [4.78, 5) is 14.0. The molecule has 25 heavy (non-hydrogen) atoms. The summed E-state index contributed by atoms with van der Waals surface area (Å²) >= 11 is 7.43. The van der Waals surface area contributed by atoms with Gasteiger partial charge < -0.3 is 5.11 Å². The third kappa shape index (κ3) is 2.47. The van der Waals surface area contributed by atoms with Gasteiger partial charge in [-0.2, -0.15) is 0 Å². The van der Waals surface area contributed by atoms with Gasteiger partial charge in [0.15, 0.2) is 5.84 Å². The van der Waals surface area contributed by atoms with Crippen LogP contribution in [0.15, 0.2) is 69.6 Å². The van der Waals surface area contributed by atoms with Crippen molar-refractivity contribution in [2.75, 3.05) is 0 Å². The number of benzene rings is 2. The highest BCUT2D eigenvalue weighted by molar-refractivity contribution is 8.14. The smallest absolute Gasteiger partial charge is 0.156 e. The van der Waals surface area contributed by atoms with Crippen molar-refractivity contribution >= 4 is 45.1 Å². The van der Waals surface area contributed by atoms with Crippen molar-refractivity contribution in [1.82, 2.24) is 4.98 Å². The molecule has 0 fully saturated rings. The molecule has 3 heterocycles. The van der Waals surface area contributed by atoms with Crippen LogP contribution in [0.1, 0.15) is 17.2 Å². The molecule has 0 saturated carbocycles. The molecule has 0 spiro atoms. The summed E-state index contributed by atoms with van der Waals surface area (Å²) in [6.07, 6.45) is -0.739. The zero-order valence-electron chi connectivity index (χ0n) is 12.9. The highest BCUT2D eigenvalue weighted by Crippen LogP contribution is 2.42. The molecule has 3 aromatic rings. The Labute approximate surface area is 153 Å². The van der Waals surface area contributed by atoms with Crippen LogP contribution in [0.4, 0.5) is 0 Å². The fourth-order valence-electron chi connectivity index (χ4n) is 3.09. The standard InChI is InChI=1S/C19H12ClN3OS/c20-12-7-5-10(6-8-12)17-22-15-16(24)13-9-11-3-1-2-4-14(11)21-18(13)25-19(15)23-17/h1-9,15-16,24H/t15-,16+/m1/s1. The first-order valence-corrected chi connectivity index (χ1v) is 9.06. The van der Waals surface area contributed by atoms with E-state index in [9.17, 15) is 5.11 Å². The fraction of sp³-hybridized carbons (Fsp3) is 0.105. The number of aliphatic hydroxyl groups excluding tert-OH is 1. The Balaban J connectivity index is 1.58. The minimum atomic E-state index is -0.739. The Morgan fingerprint density at radius 1 is 1.04 bits per heavy atom. The third-order valence-electron chi connectivity index (χ3n) is 4.37. The first kappa shape index (κ1) is 15.1. The van der Waals surface area contributed by atoms with Gasteiger partial charge in [-0.3, -0.25) is 4.99 Å². The highest BCUT2D eigenvalue weighted by atomic mass is 35.5. The normalized spacial score (nSPS) is 21.5. The number of rotatable bonds is 1. The molecule has 0 bridgehead atoms. The van der Waals surface area contributed by atoms with Gasteiger partial charge in [0, 0.05) is 21.5 Å². The van der Waals surface area contributed by atoms with Gasteiger partial charge in [-0.15, -0.1) is 0 Å². The van der Waals surface area contributed by atoms with Crippen LogP contribution in [-0.4, -0.2) is 27.0 Å². The number of halogens is 1. The zero-order valence-corrected chi connectivity index (χ0v) is 14.5. The van der Waals surface area contributed by atoms with Gasteiger partial charge in [0.25, 0.3) is 0 Å². The number of thioether (sulfide) groups is 1. The maximum Gasteiger partial charge on any atom is 0.156 e. The lowest BCUT2D eigenvalue weighted by atomic mass is 10.0. The maximum atomic E-state index is 10.8. The van der Waals surface area contributed by atoms with Crippen LogP contribution in [0.25, 0.3) is 10.9 Å². The second kappa shape index (κ2) is 5.66. The van der Waals surface area contributed by atoms with Crippen molar-refractivity contribution in [2.45, 2.75) is 17.2 Å². The van der Waals surface area contributed by atoms with Crippen LogP contribution in [0.2, 0.25) is 5.02 Å². The Kier molecular flexibility index (Phi) is 3.41. The molecule has 5 rings (SSSR count). The number of pyridine rings is 1. The van der Waals surface area contributed by atoms with E-state index in [-0.39, 0.29) is 6.04 Å². The van der Waals surface area contributed by atoms with Gasteiger partial charge in [-0.1, -0.05) is 41.6 Å². The predicted molar refractivity (Wildman–Crippen MR) is 102 cm³/mol. The van der Waals surface area contributed by atoms with Crippen LogP contribution >= 0.6 is 23.4 Å². The topological polar surface area (TPSA) is 57.8 Å². The van der Waals surface area contributed by atoms with Crippen molar-refractivity contribution < 1.29 is 5.11 Å². The minimum Gasteiger partial charge on any atom is -0.386 e. The fourth-order valence-corrected chi connectivity index (χ4v) is 4.29. The molecule has 4 nitrogen and oxygen atoms in total. The molecule has 0 aliphatic carbocycles. The molecule has 0 unspecified atom stereocenters. The minimum absolute atomic E-state index is 0.369. The summed E-state index contributed by atoms with van der Waals surface area (Å²) in [7, 11) is 0. The quantitative estimate of drug-likeness (QED) is 0.701. The van der Waals surface area contributed by atoms with E-state index >= 15 is 0 Å². The summed E-state index contributed by atoms with van der Waals surface area (Å²) in [6.45, 7) is 0. The maximum absolute atomic E-state index is 10.8. The van der Waals surface area contributed by atoms with Gasteiger partial charge in [-0.05, 0) is 36.4 Å². The Morgan fingerprint density at radius 2 is 1.84 bits per heavy atom. The van der Waals surface area contributed by atoms with Crippen LogP contribution < -0.4 is 0 Å². The molecular formula is C19H12ClN3OS. The zero-order chi connectivity index (χ0) is 17.0. The van der Waals surface area contributed by atoms with Gasteiger partial charge >= 0.3 is 0 Å². The SMILES string of the molecule is O[C@H]1c2cc3ccccc3nc2SC2=NC(c3ccc(Cl)cc3)=N[C@@H]21. The average molecular weight is 366 g/mol. The number of aliphatic imine (C=N–C) groups is 2. The van der Waals surface area contributed by atoms with E-state index in [4.69, 9.17) is 11.6 Å². The molecule has 6 heteroatoms. The Morgan fingerprint density at radius 3 is 2.68 bits per heavy atom. The van der Waals surface area contributed by atoms with Crippen LogP contribution in [0, 0.1) is 0 Å². The lowest BCUT2D eigenvalue weighted by molar-refractivity contribution is 0.167. The summed E-state index contributed by atoms with van der Waals surface area (Å²) in [6, 6.07) is 16.9. The molecule has 0 saturated heterocycles. The third-order valence-corrected chi connectivity index (χ3v) is 5.68. The number of fused-ring (bicyclic) bond motifs is 3. The van der Waals surface area contributed by atoms with Crippen molar-refractivity contribution in [3.05, 3.63) is 70.7 Å². The summed E-state index contributed by atoms with van der Waals surface area (Å²) in [5.41, 5.74) is 2.62. The van der Waals surface area contributed by atoms with Crippen LogP contribution in [-0.2, 0) is 0 Å². The van der Waals surface area contributed by atoms with Crippen molar-refractivity contribution in [3.63, 3.8) is 0 Å². The molecule has 2 aromatic carbocycles. The number of hydrogen-bond acceptors (Lipinski definition) is 5. The number of aromatic nitrogens is 1. The molecule has 0 radical (unpaired) electrons. The molecule has 2 aliphatic rings. The molecule has 122 valence electrons. The van der Waals surface area contributed by atoms with E-state index < -0.39 is 6.10 Å². The monoisotopic (exact) mass is 365 g/mol. The number of amidine groups is 1. The Bertz CT molecular complexity index is 1060. The first-order valence-electron chi connectivity index (χ1n) is 7.87. The number of aliphatic hydroxyl groups is 1. The van der Waals surface area contributed by atoms with E-state index in [0.717, 1.165) is 32.1 Å². The highest BCUT2D eigenvalue weighted by Gasteiger charge is 2.38. The molecule has 1 aromatic heterocycles. The number of para-hydroxylation sites is 1. The molecule has 0 amide bonds. The Hall–Kier alpha value is -2.21. The van der Waals surface area contributed by atoms with Gasteiger partial charge in [0.2, 0.25) is 0 Å². The van der Waals surface area contributed by atoms with Crippen LogP contribution in [0.3, 0.4) is 0 Å². The molecule has 1 N–H and O–H groups in total. The summed E-state index contributed by atoms with van der Waals surface area (Å²) < 4.78 is 0. The molecule has 2 atom stereocenters. The van der Waals surface area contributed by atoms with Crippen LogP contribution in [0.5, 0.6) is 0 Å². The summed E-state index contributed by atoms with van der Waals surface area (Å²) in [5, 5.41) is 14.1. The molecule has 2 aliphatic heterocycles. The lowest BCUT2D eigenvalue weighted by Gasteiger charge is -2.25. The van der Waals surface area contributed by atoms with Crippen molar-refractivity contribution in [2.24, 2.45) is 9.98 Å². The van der Waals surface area contributed by atoms with E-state index in [1.807, 2.05) is 54.6 Å². The van der Waals surface area contributed by atoms with Gasteiger partial charge in [0.05, 0.1) is 5.52 Å². The van der Waals surface area contributed by atoms with Crippen molar-refractivity contribution in [1.29, 1.82) is 0 Å². The number of nitrogens with zero attached hydrogens (tertiary/aromatic N) is 3. The first-order chi connectivity index (χ1) is 12.2. The second-order valence-electron chi connectivity index (χ2n) is 5.98. The van der Waals surface area contributed by atoms with E-state index in [1.165, 1.54) is 11.8 Å². The molecular weight excluding hydrogens is 354 g/mol. The lowest BCUT2D eigenvalue weighted by Crippen LogP contribution is -2.27. The summed E-state index contributed by atoms with van der Waals surface area (Å²) in [5.74, 6) is 0.626. The van der Waals surface area contributed by atoms with E-state index in [0.29, 0.717) is 10.9 Å². The van der Waals surface area contributed by atoms with E-state index in [1.54, 1.807) is 0 Å². The van der Waals surface area contributed by atoms with Crippen molar-refractivity contribution in [3.8, 4) is 0 Å². The number of hydrogen-bond donors (Lipinski definition) is 1. The predicted octanol–water partition coefficient (Wildman–Crippen LogP) is 4.25. The largest absolute Gasteiger partial charge is 0.386 e. The van der Waals surface area contributed by atoms with Gasteiger partial charge in [-0.25, -0.2) is 9.98 Å². The van der Waals surface area contributed by atoms with E-state index in [2.05, 4.69) is 15.0 Å². The van der Waals surface area contributed by atoms with Gasteiger partial charge in [0.1, 0.15) is 22.2 Å². The second-order valence-corrected chi connectivity index (χ2v) is 7.42. The average Bonchev–Trinajstić information content (AvgIpc) is 3.05.